The highest BCUT2D eigenvalue weighted by atomic mass is 32.2. The highest BCUT2D eigenvalue weighted by Crippen LogP contribution is 2.33. The van der Waals surface area contributed by atoms with Gasteiger partial charge in [0.05, 0.1) is 11.2 Å². The van der Waals surface area contributed by atoms with Gasteiger partial charge in [0, 0.05) is 28.8 Å². The van der Waals surface area contributed by atoms with Crippen molar-refractivity contribution in [2.75, 3.05) is 0 Å². The largest absolute Gasteiger partial charge is 0.302 e. The van der Waals surface area contributed by atoms with Gasteiger partial charge in [0.2, 0.25) is 0 Å². The van der Waals surface area contributed by atoms with Gasteiger partial charge in [-0.1, -0.05) is 90.1 Å². The van der Waals surface area contributed by atoms with Crippen LogP contribution in [0, 0.1) is 6.92 Å². The van der Waals surface area contributed by atoms with E-state index in [-0.39, 0.29) is 0 Å². The summed E-state index contributed by atoms with van der Waals surface area (Å²) in [7, 11) is 0. The molecule has 32 heavy (non-hydrogen) atoms. The van der Waals surface area contributed by atoms with Gasteiger partial charge in [-0.05, 0) is 31.5 Å². The molecule has 0 fully saturated rings. The number of thioether (sulfide) groups is 1. The SMILES string of the molecule is CCn1c(SCc2cccc(C)c2)nnc1-c1cc(-c2ccccc2)nc2ccccc12. The molecule has 0 aliphatic heterocycles. The molecule has 0 atom stereocenters. The van der Waals surface area contributed by atoms with Crippen LogP contribution < -0.4 is 0 Å². The first kappa shape index (κ1) is 20.5. The van der Waals surface area contributed by atoms with Crippen LogP contribution in [-0.4, -0.2) is 19.7 Å². The zero-order valence-electron chi connectivity index (χ0n) is 18.2. The normalized spacial score (nSPS) is 11.2. The molecule has 2 aromatic heterocycles. The second kappa shape index (κ2) is 8.97. The topological polar surface area (TPSA) is 43.6 Å². The van der Waals surface area contributed by atoms with Crippen LogP contribution in [0.3, 0.4) is 0 Å². The van der Waals surface area contributed by atoms with Crippen molar-refractivity contribution in [2.24, 2.45) is 0 Å². The first-order chi connectivity index (χ1) is 15.7. The Hall–Kier alpha value is -3.44. The molecule has 4 nitrogen and oxygen atoms in total. The highest BCUT2D eigenvalue weighted by molar-refractivity contribution is 7.98. The van der Waals surface area contributed by atoms with Crippen LogP contribution in [-0.2, 0) is 12.3 Å². The van der Waals surface area contributed by atoms with Crippen LogP contribution in [0.4, 0.5) is 0 Å². The summed E-state index contributed by atoms with van der Waals surface area (Å²) < 4.78 is 2.21. The Morgan fingerprint density at radius 2 is 1.66 bits per heavy atom. The van der Waals surface area contributed by atoms with Gasteiger partial charge in [-0.15, -0.1) is 10.2 Å². The Morgan fingerprint density at radius 3 is 2.47 bits per heavy atom. The summed E-state index contributed by atoms with van der Waals surface area (Å²) >= 11 is 1.73. The molecule has 0 spiro atoms. The average molecular weight is 437 g/mol. The molecule has 0 saturated heterocycles. The molecule has 5 heteroatoms. The van der Waals surface area contributed by atoms with Gasteiger partial charge in [-0.2, -0.15) is 0 Å². The van der Waals surface area contributed by atoms with E-state index in [1.807, 2.05) is 24.3 Å². The lowest BCUT2D eigenvalue weighted by Gasteiger charge is -2.12. The fourth-order valence-electron chi connectivity index (χ4n) is 3.95. The molecule has 0 amide bonds. The first-order valence-corrected chi connectivity index (χ1v) is 11.8. The van der Waals surface area contributed by atoms with Crippen LogP contribution in [0.25, 0.3) is 33.5 Å². The van der Waals surface area contributed by atoms with Gasteiger partial charge in [0.15, 0.2) is 11.0 Å². The van der Waals surface area contributed by atoms with Crippen molar-refractivity contribution in [2.45, 2.75) is 31.3 Å². The quantitative estimate of drug-likeness (QED) is 0.275. The van der Waals surface area contributed by atoms with Crippen molar-refractivity contribution in [3.63, 3.8) is 0 Å². The molecule has 0 bridgehead atoms. The number of aromatic nitrogens is 4. The fourth-order valence-corrected chi connectivity index (χ4v) is 4.89. The zero-order valence-corrected chi connectivity index (χ0v) is 19.0. The summed E-state index contributed by atoms with van der Waals surface area (Å²) in [6, 6.07) is 29.3. The van der Waals surface area contributed by atoms with Crippen LogP contribution in [0.2, 0.25) is 0 Å². The maximum absolute atomic E-state index is 4.92. The lowest BCUT2D eigenvalue weighted by atomic mass is 10.0. The number of pyridine rings is 1. The van der Waals surface area contributed by atoms with E-state index >= 15 is 0 Å². The zero-order chi connectivity index (χ0) is 21.9. The van der Waals surface area contributed by atoms with Crippen molar-refractivity contribution >= 4 is 22.7 Å². The Morgan fingerprint density at radius 1 is 0.844 bits per heavy atom. The summed E-state index contributed by atoms with van der Waals surface area (Å²) in [5, 5.41) is 11.2. The number of rotatable bonds is 6. The summed E-state index contributed by atoms with van der Waals surface area (Å²) in [4.78, 5) is 4.92. The fraction of sp³-hybridized carbons (Fsp3) is 0.148. The van der Waals surface area contributed by atoms with Crippen LogP contribution >= 0.6 is 11.8 Å². The number of nitrogens with zero attached hydrogens (tertiary/aromatic N) is 4. The third-order valence-corrected chi connectivity index (χ3v) is 6.55. The van der Waals surface area contributed by atoms with E-state index in [0.29, 0.717) is 0 Å². The lowest BCUT2D eigenvalue weighted by molar-refractivity contribution is 0.687. The molecule has 3 aromatic carbocycles. The number of para-hydroxylation sites is 1. The Labute approximate surface area is 192 Å². The summed E-state index contributed by atoms with van der Waals surface area (Å²) in [6.45, 7) is 5.07. The van der Waals surface area contributed by atoms with Crippen molar-refractivity contribution < 1.29 is 0 Å². The number of hydrogen-bond acceptors (Lipinski definition) is 4. The molecule has 158 valence electrons. The molecular formula is C27H24N4S. The molecule has 5 rings (SSSR count). The van der Waals surface area contributed by atoms with Gasteiger partial charge < -0.3 is 4.57 Å². The number of fused-ring (bicyclic) bond motifs is 1. The minimum Gasteiger partial charge on any atom is -0.302 e. The minimum atomic E-state index is 0.801. The Bertz CT molecular complexity index is 1380. The van der Waals surface area contributed by atoms with E-state index in [9.17, 15) is 0 Å². The van der Waals surface area contributed by atoms with Crippen molar-refractivity contribution in [1.29, 1.82) is 0 Å². The van der Waals surface area contributed by atoms with Crippen LogP contribution in [0.5, 0.6) is 0 Å². The summed E-state index contributed by atoms with van der Waals surface area (Å²) in [5.41, 5.74) is 6.63. The molecule has 0 aliphatic carbocycles. The predicted molar refractivity (Wildman–Crippen MR) is 133 cm³/mol. The standard InChI is InChI=1S/C27H24N4S/c1-3-31-26(29-30-27(31)32-18-20-11-9-10-19(2)16-20)23-17-25(21-12-5-4-6-13-21)28-24-15-8-7-14-22(23)24/h4-17H,3,18H2,1-2H3. The molecule has 2 heterocycles. The van der Waals surface area contributed by atoms with Gasteiger partial charge in [0.25, 0.3) is 0 Å². The monoisotopic (exact) mass is 436 g/mol. The Kier molecular flexibility index (Phi) is 5.73. The third-order valence-electron chi connectivity index (χ3n) is 5.51. The van der Waals surface area contributed by atoms with Crippen molar-refractivity contribution in [3.8, 4) is 22.6 Å². The third kappa shape index (κ3) is 4.04. The van der Waals surface area contributed by atoms with E-state index in [2.05, 4.69) is 89.3 Å². The molecule has 0 radical (unpaired) electrons. The van der Waals surface area contributed by atoms with Gasteiger partial charge in [-0.25, -0.2) is 4.98 Å². The molecule has 0 N–H and O–H groups in total. The Balaban J connectivity index is 1.58. The van der Waals surface area contributed by atoms with Gasteiger partial charge in [-0.3, -0.25) is 0 Å². The van der Waals surface area contributed by atoms with E-state index in [4.69, 9.17) is 4.98 Å². The molecule has 5 aromatic rings. The van der Waals surface area contributed by atoms with Crippen LogP contribution in [0.15, 0.2) is 90.1 Å². The molecule has 0 saturated carbocycles. The molecular weight excluding hydrogens is 412 g/mol. The van der Waals surface area contributed by atoms with Crippen molar-refractivity contribution in [1.82, 2.24) is 19.7 Å². The maximum atomic E-state index is 4.92. The number of aryl methyl sites for hydroxylation is 1. The van der Waals surface area contributed by atoms with Crippen molar-refractivity contribution in [3.05, 3.63) is 96.1 Å². The van der Waals surface area contributed by atoms with E-state index < -0.39 is 0 Å². The molecule has 0 unspecified atom stereocenters. The predicted octanol–water partition coefficient (Wildman–Crippen LogP) is 6.78. The van der Waals surface area contributed by atoms with Crippen LogP contribution in [0.1, 0.15) is 18.1 Å². The smallest absolute Gasteiger partial charge is 0.191 e. The summed E-state index contributed by atoms with van der Waals surface area (Å²) in [5.74, 6) is 1.75. The lowest BCUT2D eigenvalue weighted by Crippen LogP contribution is -2.01. The highest BCUT2D eigenvalue weighted by Gasteiger charge is 2.17. The molecule has 0 aliphatic rings. The first-order valence-electron chi connectivity index (χ1n) is 10.8. The average Bonchev–Trinajstić information content (AvgIpc) is 3.25. The van der Waals surface area contributed by atoms with E-state index in [1.165, 1.54) is 11.1 Å². The van der Waals surface area contributed by atoms with Gasteiger partial charge in [0.1, 0.15) is 0 Å². The maximum Gasteiger partial charge on any atom is 0.191 e. The second-order valence-electron chi connectivity index (χ2n) is 7.77. The summed E-state index contributed by atoms with van der Waals surface area (Å²) in [6.07, 6.45) is 0. The minimum absolute atomic E-state index is 0.801. The number of hydrogen-bond donors (Lipinski definition) is 0. The van der Waals surface area contributed by atoms with Gasteiger partial charge >= 0.3 is 0 Å². The van der Waals surface area contributed by atoms with E-state index in [1.54, 1.807) is 11.8 Å². The second-order valence-corrected chi connectivity index (χ2v) is 8.71. The number of benzene rings is 3. The van der Waals surface area contributed by atoms with E-state index in [0.717, 1.165) is 51.0 Å².